The van der Waals surface area contributed by atoms with E-state index in [-0.39, 0.29) is 5.78 Å². The van der Waals surface area contributed by atoms with Crippen LogP contribution in [-0.2, 0) is 0 Å². The van der Waals surface area contributed by atoms with Crippen molar-refractivity contribution in [2.45, 2.75) is 23.2 Å². The highest BCUT2D eigenvalue weighted by Gasteiger charge is 2.05. The summed E-state index contributed by atoms with van der Waals surface area (Å²) in [5, 5.41) is 9.67. The molecule has 0 saturated heterocycles. The van der Waals surface area contributed by atoms with Crippen LogP contribution in [0.4, 0.5) is 0 Å². The lowest BCUT2D eigenvalue weighted by Gasteiger charge is -1.97. The van der Waals surface area contributed by atoms with Crippen LogP contribution in [0.15, 0.2) is 27.7 Å². The Morgan fingerprint density at radius 3 is 2.69 bits per heavy atom. The predicted octanol–water partition coefficient (Wildman–Crippen LogP) is 2.60. The molecule has 82 valence electrons. The van der Waals surface area contributed by atoms with Gasteiger partial charge in [0.1, 0.15) is 10.0 Å². The van der Waals surface area contributed by atoms with Gasteiger partial charge in [-0.1, -0.05) is 11.3 Å². The van der Waals surface area contributed by atoms with Crippen LogP contribution in [0.25, 0.3) is 0 Å². The molecule has 0 radical (unpaired) electrons. The molecule has 2 heterocycles. The lowest BCUT2D eigenvalue weighted by atomic mass is 10.2. The molecule has 0 aliphatic heterocycles. The van der Waals surface area contributed by atoms with Gasteiger partial charge in [-0.3, -0.25) is 4.79 Å². The van der Waals surface area contributed by atoms with E-state index < -0.39 is 0 Å². The molecule has 0 saturated carbocycles. The first kappa shape index (κ1) is 11.2. The Kier molecular flexibility index (Phi) is 3.31. The van der Waals surface area contributed by atoms with Crippen molar-refractivity contribution in [1.29, 1.82) is 0 Å². The van der Waals surface area contributed by atoms with Gasteiger partial charge in [-0.2, -0.15) is 0 Å². The molecule has 0 bridgehead atoms. The molecule has 2 aromatic rings. The minimum absolute atomic E-state index is 0.0239. The molecule has 2 rings (SSSR count). The molecule has 16 heavy (non-hydrogen) atoms. The van der Waals surface area contributed by atoms with Gasteiger partial charge in [-0.15, -0.1) is 10.2 Å². The van der Waals surface area contributed by atoms with Gasteiger partial charge in [-0.25, -0.2) is 4.98 Å². The summed E-state index contributed by atoms with van der Waals surface area (Å²) in [6.07, 6.45) is 1.58. The molecule has 0 N–H and O–H groups in total. The Labute approximate surface area is 101 Å². The Morgan fingerprint density at radius 2 is 2.19 bits per heavy atom. The van der Waals surface area contributed by atoms with Crippen LogP contribution in [-0.4, -0.2) is 21.0 Å². The van der Waals surface area contributed by atoms with Crippen molar-refractivity contribution >= 4 is 28.9 Å². The Hall–Kier alpha value is -1.27. The van der Waals surface area contributed by atoms with Crippen molar-refractivity contribution in [3.8, 4) is 0 Å². The van der Waals surface area contributed by atoms with Crippen LogP contribution in [0.5, 0.6) is 0 Å². The fraction of sp³-hybridized carbons (Fsp3) is 0.200. The summed E-state index contributed by atoms with van der Waals surface area (Å²) in [6, 6.07) is 3.59. The maximum absolute atomic E-state index is 11.1. The number of pyridine rings is 1. The lowest BCUT2D eigenvalue weighted by molar-refractivity contribution is 0.101. The number of rotatable bonds is 3. The Balaban J connectivity index is 2.14. The third-order valence-corrected chi connectivity index (χ3v) is 3.68. The third-order valence-electron chi connectivity index (χ3n) is 1.84. The van der Waals surface area contributed by atoms with Crippen LogP contribution < -0.4 is 0 Å². The molecule has 0 amide bonds. The minimum atomic E-state index is 0.0239. The second-order valence-corrected chi connectivity index (χ2v) is 5.58. The summed E-state index contributed by atoms with van der Waals surface area (Å²) in [5.74, 6) is 0.0239. The average Bonchev–Trinajstić information content (AvgIpc) is 2.65. The molecule has 0 aliphatic carbocycles. The molecule has 2 aromatic heterocycles. The maximum atomic E-state index is 11.1. The third kappa shape index (κ3) is 2.65. The summed E-state index contributed by atoms with van der Waals surface area (Å²) in [6.45, 7) is 3.44. The summed E-state index contributed by atoms with van der Waals surface area (Å²) in [4.78, 5) is 15.2. The van der Waals surface area contributed by atoms with E-state index in [4.69, 9.17) is 0 Å². The molecule has 0 aromatic carbocycles. The second kappa shape index (κ2) is 4.71. The van der Waals surface area contributed by atoms with Gasteiger partial charge in [-0.05, 0) is 37.7 Å². The highest BCUT2D eigenvalue weighted by Crippen LogP contribution is 2.28. The first-order valence-electron chi connectivity index (χ1n) is 4.60. The topological polar surface area (TPSA) is 55.7 Å². The molecular weight excluding hydrogens is 242 g/mol. The van der Waals surface area contributed by atoms with Crippen LogP contribution in [0.2, 0.25) is 0 Å². The summed E-state index contributed by atoms with van der Waals surface area (Å²) >= 11 is 2.98. The zero-order valence-corrected chi connectivity index (χ0v) is 10.4. The number of ketones is 1. The van der Waals surface area contributed by atoms with Gasteiger partial charge in [0.2, 0.25) is 0 Å². The summed E-state index contributed by atoms with van der Waals surface area (Å²) in [5.41, 5.74) is 0.623. The molecular formula is C10H9N3OS2. The van der Waals surface area contributed by atoms with Crippen LogP contribution in [0, 0.1) is 6.92 Å². The van der Waals surface area contributed by atoms with E-state index in [1.807, 2.05) is 13.0 Å². The van der Waals surface area contributed by atoms with Crippen molar-refractivity contribution < 1.29 is 4.79 Å². The molecule has 6 heteroatoms. The number of aryl methyl sites for hydroxylation is 1. The molecule has 4 nitrogen and oxygen atoms in total. The van der Waals surface area contributed by atoms with Gasteiger partial charge in [0.05, 0.1) is 0 Å². The molecule has 0 unspecified atom stereocenters. The standard InChI is InChI=1S/C10H9N3OS2/c1-6(14)8-3-4-9(11-5-8)16-10-13-12-7(2)15-10/h3-5H,1-2H3. The first-order valence-corrected chi connectivity index (χ1v) is 6.23. The number of aromatic nitrogens is 3. The van der Waals surface area contributed by atoms with Gasteiger partial charge < -0.3 is 0 Å². The van der Waals surface area contributed by atoms with Crippen LogP contribution >= 0.6 is 23.1 Å². The van der Waals surface area contributed by atoms with E-state index in [0.29, 0.717) is 5.56 Å². The monoisotopic (exact) mass is 251 g/mol. The van der Waals surface area contributed by atoms with E-state index in [1.54, 1.807) is 12.3 Å². The van der Waals surface area contributed by atoms with E-state index in [9.17, 15) is 4.79 Å². The highest BCUT2D eigenvalue weighted by molar-refractivity contribution is 8.01. The number of carbonyl (C=O) groups is 1. The van der Waals surface area contributed by atoms with Gasteiger partial charge in [0.25, 0.3) is 0 Å². The smallest absolute Gasteiger partial charge is 0.180 e. The number of carbonyl (C=O) groups excluding carboxylic acids is 1. The molecule has 0 atom stereocenters. The van der Waals surface area contributed by atoms with E-state index >= 15 is 0 Å². The number of hydrogen-bond acceptors (Lipinski definition) is 6. The Bertz CT molecular complexity index is 507. The fourth-order valence-corrected chi connectivity index (χ4v) is 2.76. The normalized spacial score (nSPS) is 10.4. The highest BCUT2D eigenvalue weighted by atomic mass is 32.2. The predicted molar refractivity (Wildman–Crippen MR) is 63.0 cm³/mol. The van der Waals surface area contributed by atoms with Crippen LogP contribution in [0.3, 0.4) is 0 Å². The summed E-state index contributed by atoms with van der Waals surface area (Å²) in [7, 11) is 0. The number of nitrogens with zero attached hydrogens (tertiary/aromatic N) is 3. The van der Waals surface area contributed by atoms with Crippen molar-refractivity contribution in [1.82, 2.24) is 15.2 Å². The van der Waals surface area contributed by atoms with Crippen molar-refractivity contribution in [3.63, 3.8) is 0 Å². The number of hydrogen-bond donors (Lipinski definition) is 0. The van der Waals surface area contributed by atoms with Gasteiger partial charge >= 0.3 is 0 Å². The summed E-state index contributed by atoms with van der Waals surface area (Å²) < 4.78 is 0.862. The Morgan fingerprint density at radius 1 is 1.38 bits per heavy atom. The van der Waals surface area contributed by atoms with E-state index in [2.05, 4.69) is 15.2 Å². The van der Waals surface area contributed by atoms with Gasteiger partial charge in [0, 0.05) is 11.8 Å². The van der Waals surface area contributed by atoms with Crippen molar-refractivity contribution in [2.24, 2.45) is 0 Å². The zero-order valence-electron chi connectivity index (χ0n) is 8.80. The molecule has 0 aliphatic rings. The minimum Gasteiger partial charge on any atom is -0.294 e. The second-order valence-electron chi connectivity index (χ2n) is 3.13. The van der Waals surface area contributed by atoms with Gasteiger partial charge in [0.15, 0.2) is 10.1 Å². The van der Waals surface area contributed by atoms with Crippen molar-refractivity contribution in [2.75, 3.05) is 0 Å². The zero-order chi connectivity index (χ0) is 11.5. The van der Waals surface area contributed by atoms with Crippen molar-refractivity contribution in [3.05, 3.63) is 28.9 Å². The largest absolute Gasteiger partial charge is 0.294 e. The van der Waals surface area contributed by atoms with E-state index in [0.717, 1.165) is 14.4 Å². The lowest BCUT2D eigenvalue weighted by Crippen LogP contribution is -1.92. The fourth-order valence-electron chi connectivity index (χ4n) is 1.06. The van der Waals surface area contributed by atoms with E-state index in [1.165, 1.54) is 30.0 Å². The SMILES string of the molecule is CC(=O)c1ccc(Sc2nnc(C)s2)nc1. The maximum Gasteiger partial charge on any atom is 0.180 e. The number of Topliss-reactive ketones (excluding diaryl/α,β-unsaturated/α-hetero) is 1. The molecule has 0 fully saturated rings. The van der Waals surface area contributed by atoms with Crippen LogP contribution in [0.1, 0.15) is 22.3 Å². The first-order chi connectivity index (χ1) is 7.65. The average molecular weight is 251 g/mol. The molecule has 0 spiro atoms. The quantitative estimate of drug-likeness (QED) is 0.785.